The Morgan fingerprint density at radius 2 is 2.00 bits per heavy atom. The highest BCUT2D eigenvalue weighted by molar-refractivity contribution is 7.99. The third-order valence-corrected chi connectivity index (χ3v) is 5.00. The van der Waals surface area contributed by atoms with Crippen LogP contribution in [0.2, 0.25) is 0 Å². The van der Waals surface area contributed by atoms with Gasteiger partial charge < -0.3 is 4.74 Å². The van der Waals surface area contributed by atoms with E-state index in [9.17, 15) is 0 Å². The first kappa shape index (κ1) is 13.5. The summed E-state index contributed by atoms with van der Waals surface area (Å²) in [5.41, 5.74) is 1.05. The molecule has 0 radical (unpaired) electrons. The van der Waals surface area contributed by atoms with E-state index in [0.717, 1.165) is 22.4 Å². The maximum absolute atomic E-state index is 5.74. The second kappa shape index (κ2) is 5.94. The van der Waals surface area contributed by atoms with Gasteiger partial charge in [-0.2, -0.15) is 9.78 Å². The van der Waals surface area contributed by atoms with Crippen molar-refractivity contribution in [3.05, 3.63) is 58.5 Å². The molecule has 110 valence electrons. The smallest absolute Gasteiger partial charge is 0.212 e. The molecule has 3 heterocycles. The van der Waals surface area contributed by atoms with E-state index in [1.165, 1.54) is 4.88 Å². The van der Waals surface area contributed by atoms with Crippen LogP contribution in [0.3, 0.4) is 0 Å². The Kier molecular flexibility index (Phi) is 3.65. The lowest BCUT2D eigenvalue weighted by Crippen LogP contribution is -2.14. The minimum Gasteiger partial charge on any atom is -0.486 e. The third-order valence-electron chi connectivity index (χ3n) is 3.15. The van der Waals surface area contributed by atoms with Crippen LogP contribution in [0.4, 0.5) is 0 Å². The van der Waals surface area contributed by atoms with E-state index in [-0.39, 0.29) is 0 Å². The minimum absolute atomic E-state index is 0.346. The van der Waals surface area contributed by atoms with Gasteiger partial charge in [0.15, 0.2) is 5.82 Å². The van der Waals surface area contributed by atoms with Crippen LogP contribution in [0.1, 0.15) is 10.7 Å². The fourth-order valence-corrected chi connectivity index (χ4v) is 3.73. The average Bonchev–Trinajstić information content (AvgIpc) is 3.23. The van der Waals surface area contributed by atoms with E-state index in [0.29, 0.717) is 12.4 Å². The van der Waals surface area contributed by atoms with Gasteiger partial charge in [-0.1, -0.05) is 36.0 Å². The van der Waals surface area contributed by atoms with Gasteiger partial charge in [0, 0.05) is 5.75 Å². The Bertz CT molecular complexity index is 796. The number of rotatable bonds is 4. The molecule has 0 amide bonds. The SMILES string of the molecule is c1ccc(OCc2nnc3n2N=C(c2cccs2)CS3)cc1. The third kappa shape index (κ3) is 2.65. The number of thiophene rings is 1. The summed E-state index contributed by atoms with van der Waals surface area (Å²) in [4.78, 5) is 1.18. The summed E-state index contributed by atoms with van der Waals surface area (Å²) >= 11 is 3.34. The van der Waals surface area contributed by atoms with Crippen molar-refractivity contribution in [2.24, 2.45) is 5.10 Å². The number of hydrogen-bond acceptors (Lipinski definition) is 6. The molecule has 7 heteroatoms. The Morgan fingerprint density at radius 1 is 1.09 bits per heavy atom. The van der Waals surface area contributed by atoms with Crippen molar-refractivity contribution in [2.45, 2.75) is 11.8 Å². The van der Waals surface area contributed by atoms with Gasteiger partial charge in [0.1, 0.15) is 12.4 Å². The second-order valence-corrected chi connectivity index (χ2v) is 6.52. The largest absolute Gasteiger partial charge is 0.486 e. The summed E-state index contributed by atoms with van der Waals surface area (Å²) in [6.07, 6.45) is 0. The van der Waals surface area contributed by atoms with Gasteiger partial charge >= 0.3 is 0 Å². The quantitative estimate of drug-likeness (QED) is 0.737. The van der Waals surface area contributed by atoms with Crippen molar-refractivity contribution >= 4 is 28.8 Å². The van der Waals surface area contributed by atoms with Gasteiger partial charge in [-0.25, -0.2) is 0 Å². The topological polar surface area (TPSA) is 52.3 Å². The van der Waals surface area contributed by atoms with E-state index in [2.05, 4.69) is 26.7 Å². The molecule has 3 aromatic rings. The summed E-state index contributed by atoms with van der Waals surface area (Å²) in [5, 5.41) is 15.9. The molecule has 0 bridgehead atoms. The lowest BCUT2D eigenvalue weighted by Gasteiger charge is -2.12. The summed E-state index contributed by atoms with van der Waals surface area (Å²) < 4.78 is 7.53. The van der Waals surface area contributed by atoms with Gasteiger partial charge in [0.25, 0.3) is 0 Å². The lowest BCUT2D eigenvalue weighted by molar-refractivity contribution is 0.290. The number of para-hydroxylation sites is 1. The lowest BCUT2D eigenvalue weighted by atomic mass is 10.3. The maximum atomic E-state index is 5.74. The van der Waals surface area contributed by atoms with E-state index in [1.807, 2.05) is 36.4 Å². The Balaban J connectivity index is 1.58. The molecule has 5 nitrogen and oxygen atoms in total. The highest BCUT2D eigenvalue weighted by Gasteiger charge is 2.20. The van der Waals surface area contributed by atoms with Crippen molar-refractivity contribution in [1.29, 1.82) is 0 Å². The molecule has 0 N–H and O–H groups in total. The highest BCUT2D eigenvalue weighted by Crippen LogP contribution is 2.25. The standard InChI is InChI=1S/C15H12N4OS2/c1-2-5-11(6-3-1)20-9-14-16-17-15-19(14)18-12(10-22-15)13-7-4-8-21-13/h1-8H,9-10H2. The van der Waals surface area contributed by atoms with Crippen molar-refractivity contribution in [3.63, 3.8) is 0 Å². The molecule has 0 fully saturated rings. The molecule has 4 rings (SSSR count). The van der Waals surface area contributed by atoms with Crippen LogP contribution in [0, 0.1) is 0 Å². The number of fused-ring (bicyclic) bond motifs is 1. The monoisotopic (exact) mass is 328 g/mol. The number of benzene rings is 1. The first-order chi connectivity index (χ1) is 10.9. The molecule has 0 aliphatic carbocycles. The molecule has 1 aliphatic rings. The van der Waals surface area contributed by atoms with Crippen LogP contribution in [0.5, 0.6) is 5.75 Å². The zero-order valence-corrected chi connectivity index (χ0v) is 13.2. The summed E-state index contributed by atoms with van der Waals surface area (Å²) in [7, 11) is 0. The number of thioether (sulfide) groups is 1. The Labute approximate surface area is 135 Å². The van der Waals surface area contributed by atoms with Gasteiger partial charge in [-0.15, -0.1) is 21.5 Å². The molecule has 2 aromatic heterocycles. The van der Waals surface area contributed by atoms with Crippen LogP contribution in [0.15, 0.2) is 58.1 Å². The summed E-state index contributed by atoms with van der Waals surface area (Å²) in [5.74, 6) is 2.34. The van der Waals surface area contributed by atoms with Gasteiger partial charge in [-0.05, 0) is 23.6 Å². The second-order valence-electron chi connectivity index (χ2n) is 4.63. The van der Waals surface area contributed by atoms with Gasteiger partial charge in [0.05, 0.1) is 10.6 Å². The molecular formula is C15H12N4OS2. The minimum atomic E-state index is 0.346. The molecule has 1 aliphatic heterocycles. The Morgan fingerprint density at radius 3 is 2.82 bits per heavy atom. The van der Waals surface area contributed by atoms with Crippen molar-refractivity contribution in [3.8, 4) is 5.75 Å². The maximum Gasteiger partial charge on any atom is 0.212 e. The first-order valence-electron chi connectivity index (χ1n) is 6.77. The van der Waals surface area contributed by atoms with Crippen LogP contribution < -0.4 is 4.74 Å². The fourth-order valence-electron chi connectivity index (χ4n) is 2.09. The molecule has 1 aromatic carbocycles. The molecule has 0 unspecified atom stereocenters. The normalized spacial score (nSPS) is 13.5. The van der Waals surface area contributed by atoms with Crippen LogP contribution in [0.25, 0.3) is 0 Å². The number of ether oxygens (including phenoxy) is 1. The predicted molar refractivity (Wildman–Crippen MR) is 87.8 cm³/mol. The molecule has 0 saturated carbocycles. The fraction of sp³-hybridized carbons (Fsp3) is 0.133. The zero-order valence-electron chi connectivity index (χ0n) is 11.5. The molecule has 0 spiro atoms. The summed E-state index contributed by atoms with van der Waals surface area (Å²) in [6, 6.07) is 13.8. The van der Waals surface area contributed by atoms with E-state index >= 15 is 0 Å². The van der Waals surface area contributed by atoms with E-state index < -0.39 is 0 Å². The molecule has 0 saturated heterocycles. The van der Waals surface area contributed by atoms with Crippen LogP contribution >= 0.6 is 23.1 Å². The van der Waals surface area contributed by atoms with Gasteiger partial charge in [-0.3, -0.25) is 0 Å². The number of aromatic nitrogens is 3. The number of hydrogen-bond donors (Lipinski definition) is 0. The average molecular weight is 328 g/mol. The van der Waals surface area contributed by atoms with Crippen molar-refractivity contribution in [1.82, 2.24) is 14.9 Å². The molecule has 22 heavy (non-hydrogen) atoms. The van der Waals surface area contributed by atoms with E-state index in [1.54, 1.807) is 27.8 Å². The first-order valence-corrected chi connectivity index (χ1v) is 8.63. The molecule has 0 atom stereocenters. The predicted octanol–water partition coefficient (Wildman–Crippen LogP) is 3.28. The van der Waals surface area contributed by atoms with E-state index in [4.69, 9.17) is 4.74 Å². The zero-order chi connectivity index (χ0) is 14.8. The van der Waals surface area contributed by atoms with Crippen LogP contribution in [-0.2, 0) is 6.61 Å². The summed E-state index contributed by atoms with van der Waals surface area (Å²) in [6.45, 7) is 0.346. The van der Waals surface area contributed by atoms with Crippen molar-refractivity contribution < 1.29 is 4.74 Å². The van der Waals surface area contributed by atoms with Gasteiger partial charge in [0.2, 0.25) is 5.16 Å². The van der Waals surface area contributed by atoms with Crippen LogP contribution in [-0.4, -0.2) is 26.3 Å². The van der Waals surface area contributed by atoms with Crippen molar-refractivity contribution in [2.75, 3.05) is 5.75 Å². The Hall–Kier alpha value is -2.12. The molecular weight excluding hydrogens is 316 g/mol. The highest BCUT2D eigenvalue weighted by atomic mass is 32.2. The number of nitrogens with zero attached hydrogens (tertiary/aromatic N) is 4.